The Morgan fingerprint density at radius 2 is 1.79 bits per heavy atom. The minimum Gasteiger partial charge on any atom is -0.435 e. The second kappa shape index (κ2) is 9.45. The molecular formula is C19H19F2NO2. The predicted molar refractivity (Wildman–Crippen MR) is 89.9 cm³/mol. The lowest BCUT2D eigenvalue weighted by atomic mass is 10.1. The summed E-state index contributed by atoms with van der Waals surface area (Å²) in [5.41, 5.74) is 1.98. The molecule has 0 bridgehead atoms. The smallest absolute Gasteiger partial charge is 0.387 e. The number of hydrogen-bond donors (Lipinski definition) is 1. The van der Waals surface area contributed by atoms with Crippen LogP contribution in [0.4, 0.5) is 8.78 Å². The fourth-order valence-corrected chi connectivity index (χ4v) is 2.14. The van der Waals surface area contributed by atoms with Gasteiger partial charge in [-0.05, 0) is 42.2 Å². The maximum absolute atomic E-state index is 12.0. The molecule has 3 nitrogen and oxygen atoms in total. The van der Waals surface area contributed by atoms with Gasteiger partial charge in [-0.15, -0.1) is 0 Å². The number of amides is 1. The van der Waals surface area contributed by atoms with Crippen molar-refractivity contribution in [1.29, 1.82) is 0 Å². The van der Waals surface area contributed by atoms with Crippen LogP contribution in [-0.2, 0) is 11.2 Å². The van der Waals surface area contributed by atoms with Crippen LogP contribution in [0.1, 0.15) is 17.5 Å². The topological polar surface area (TPSA) is 38.3 Å². The first-order valence-corrected chi connectivity index (χ1v) is 7.68. The molecule has 0 heterocycles. The van der Waals surface area contributed by atoms with E-state index >= 15 is 0 Å². The Bertz CT molecular complexity index is 655. The molecule has 5 heteroatoms. The van der Waals surface area contributed by atoms with E-state index in [0.29, 0.717) is 6.54 Å². The highest BCUT2D eigenvalue weighted by atomic mass is 19.3. The quantitative estimate of drug-likeness (QED) is 0.585. The van der Waals surface area contributed by atoms with Crippen LogP contribution in [0, 0.1) is 0 Å². The van der Waals surface area contributed by atoms with Gasteiger partial charge >= 0.3 is 6.61 Å². The van der Waals surface area contributed by atoms with E-state index in [1.165, 1.54) is 23.8 Å². The van der Waals surface area contributed by atoms with Crippen LogP contribution >= 0.6 is 0 Å². The van der Waals surface area contributed by atoms with Crippen LogP contribution in [0.2, 0.25) is 0 Å². The largest absolute Gasteiger partial charge is 0.435 e. The highest BCUT2D eigenvalue weighted by Crippen LogP contribution is 2.15. The van der Waals surface area contributed by atoms with Gasteiger partial charge in [-0.3, -0.25) is 4.79 Å². The average Bonchev–Trinajstić information content (AvgIpc) is 2.58. The lowest BCUT2D eigenvalue weighted by Crippen LogP contribution is -2.22. The predicted octanol–water partition coefficient (Wildman–Crippen LogP) is 4.05. The lowest BCUT2D eigenvalue weighted by Gasteiger charge is -2.04. The number of ether oxygens (including phenoxy) is 1. The molecule has 0 unspecified atom stereocenters. The summed E-state index contributed by atoms with van der Waals surface area (Å²) in [5.74, 6) is -0.0940. The van der Waals surface area contributed by atoms with Crippen molar-refractivity contribution in [3.8, 4) is 5.75 Å². The number of carbonyl (C=O) groups excluding carboxylic acids is 1. The molecule has 2 aromatic rings. The van der Waals surface area contributed by atoms with Crippen molar-refractivity contribution in [2.45, 2.75) is 19.5 Å². The summed E-state index contributed by atoms with van der Waals surface area (Å²) in [5, 5.41) is 2.81. The minimum absolute atomic E-state index is 0.0903. The molecular weight excluding hydrogens is 312 g/mol. The van der Waals surface area contributed by atoms with Crippen LogP contribution in [0.5, 0.6) is 5.75 Å². The van der Waals surface area contributed by atoms with E-state index in [4.69, 9.17) is 0 Å². The van der Waals surface area contributed by atoms with E-state index in [9.17, 15) is 13.6 Å². The van der Waals surface area contributed by atoms with Crippen LogP contribution in [0.3, 0.4) is 0 Å². The zero-order valence-electron chi connectivity index (χ0n) is 13.1. The van der Waals surface area contributed by atoms with E-state index in [-0.39, 0.29) is 11.7 Å². The van der Waals surface area contributed by atoms with E-state index in [2.05, 4.69) is 22.2 Å². The van der Waals surface area contributed by atoms with Crippen molar-refractivity contribution in [1.82, 2.24) is 5.32 Å². The monoisotopic (exact) mass is 331 g/mol. The Balaban J connectivity index is 1.70. The van der Waals surface area contributed by atoms with Gasteiger partial charge in [0, 0.05) is 12.6 Å². The van der Waals surface area contributed by atoms with Crippen molar-refractivity contribution in [3.05, 3.63) is 71.8 Å². The van der Waals surface area contributed by atoms with Gasteiger partial charge < -0.3 is 10.1 Å². The molecule has 0 aliphatic carbocycles. The number of rotatable bonds is 8. The van der Waals surface area contributed by atoms with Crippen molar-refractivity contribution < 1.29 is 18.3 Å². The molecule has 0 saturated carbocycles. The van der Waals surface area contributed by atoms with Gasteiger partial charge in [0.15, 0.2) is 0 Å². The molecule has 0 spiro atoms. The molecule has 1 amide bonds. The Kier molecular flexibility index (Phi) is 6.95. The number of aryl methyl sites for hydroxylation is 1. The van der Waals surface area contributed by atoms with Crippen LogP contribution in [-0.4, -0.2) is 19.1 Å². The molecule has 0 aromatic heterocycles. The first-order chi connectivity index (χ1) is 11.6. The Morgan fingerprint density at radius 1 is 1.08 bits per heavy atom. The number of benzene rings is 2. The van der Waals surface area contributed by atoms with Crippen molar-refractivity contribution >= 4 is 12.0 Å². The third-order valence-electron chi connectivity index (χ3n) is 3.32. The molecule has 2 rings (SSSR count). The van der Waals surface area contributed by atoms with Gasteiger partial charge in [0.2, 0.25) is 5.91 Å². The number of halogens is 2. The lowest BCUT2D eigenvalue weighted by molar-refractivity contribution is -0.116. The standard InChI is InChI=1S/C19H19F2NO2/c20-19(21)24-17-11-8-16(9-12-17)10-13-18(23)22-14-4-7-15-5-2-1-3-6-15/h1-3,5-6,8-13,19H,4,7,14H2,(H,22,23)/b13-10+. The highest BCUT2D eigenvalue weighted by Gasteiger charge is 2.03. The molecule has 0 aliphatic heterocycles. The highest BCUT2D eigenvalue weighted by molar-refractivity contribution is 5.91. The summed E-state index contributed by atoms with van der Waals surface area (Å²) < 4.78 is 28.3. The van der Waals surface area contributed by atoms with Crippen LogP contribution in [0.25, 0.3) is 6.08 Å². The van der Waals surface area contributed by atoms with Crippen molar-refractivity contribution in [3.63, 3.8) is 0 Å². The number of hydrogen-bond acceptors (Lipinski definition) is 2. The first kappa shape index (κ1) is 17.7. The molecule has 2 aromatic carbocycles. The SMILES string of the molecule is O=C(/C=C/c1ccc(OC(F)F)cc1)NCCCc1ccccc1. The summed E-state index contributed by atoms with van der Waals surface area (Å²) in [6.45, 7) is -2.24. The minimum atomic E-state index is -2.84. The second-order valence-electron chi connectivity index (χ2n) is 5.16. The first-order valence-electron chi connectivity index (χ1n) is 7.68. The van der Waals surface area contributed by atoms with Crippen molar-refractivity contribution in [2.75, 3.05) is 6.54 Å². The fourth-order valence-electron chi connectivity index (χ4n) is 2.14. The maximum atomic E-state index is 12.0. The van der Waals surface area contributed by atoms with Gasteiger partial charge in [-0.25, -0.2) is 0 Å². The molecule has 0 saturated heterocycles. The van der Waals surface area contributed by atoms with Gasteiger partial charge in [-0.2, -0.15) is 8.78 Å². The summed E-state index contributed by atoms with van der Waals surface area (Å²) in [6.07, 6.45) is 4.82. The van der Waals surface area contributed by atoms with Crippen LogP contribution < -0.4 is 10.1 Å². The third-order valence-corrected chi connectivity index (χ3v) is 3.32. The summed E-state index contributed by atoms with van der Waals surface area (Å²) >= 11 is 0. The van der Waals surface area contributed by atoms with E-state index < -0.39 is 6.61 Å². The Morgan fingerprint density at radius 3 is 2.46 bits per heavy atom. The summed E-state index contributed by atoms with van der Waals surface area (Å²) in [7, 11) is 0. The molecule has 0 atom stereocenters. The second-order valence-corrected chi connectivity index (χ2v) is 5.16. The zero-order chi connectivity index (χ0) is 17.2. The summed E-state index contributed by atoms with van der Waals surface area (Å²) in [4.78, 5) is 11.7. The molecule has 126 valence electrons. The normalized spacial score (nSPS) is 11.0. The number of nitrogens with one attached hydrogen (secondary N) is 1. The molecule has 0 aliphatic rings. The molecule has 24 heavy (non-hydrogen) atoms. The summed E-state index contributed by atoms with van der Waals surface area (Å²) in [6, 6.07) is 16.2. The molecule has 0 fully saturated rings. The van der Waals surface area contributed by atoms with E-state index in [1.54, 1.807) is 18.2 Å². The number of alkyl halides is 2. The zero-order valence-corrected chi connectivity index (χ0v) is 13.1. The van der Waals surface area contributed by atoms with Crippen molar-refractivity contribution in [2.24, 2.45) is 0 Å². The van der Waals surface area contributed by atoms with Gasteiger partial charge in [0.05, 0.1) is 0 Å². The van der Waals surface area contributed by atoms with E-state index in [1.807, 2.05) is 18.2 Å². The Hall–Kier alpha value is -2.69. The number of carbonyl (C=O) groups is 1. The Labute approximate surface area is 140 Å². The van der Waals surface area contributed by atoms with Crippen LogP contribution in [0.15, 0.2) is 60.7 Å². The van der Waals surface area contributed by atoms with E-state index in [0.717, 1.165) is 18.4 Å². The maximum Gasteiger partial charge on any atom is 0.387 e. The fraction of sp³-hybridized carbons (Fsp3) is 0.211. The van der Waals surface area contributed by atoms with Gasteiger partial charge in [0.1, 0.15) is 5.75 Å². The third kappa shape index (κ3) is 6.60. The average molecular weight is 331 g/mol. The molecule has 1 N–H and O–H groups in total. The van der Waals surface area contributed by atoms with Gasteiger partial charge in [0.25, 0.3) is 0 Å². The van der Waals surface area contributed by atoms with Gasteiger partial charge in [-0.1, -0.05) is 42.5 Å². The molecule has 0 radical (unpaired) electrons.